The molecule has 1 aromatic heterocycles. The van der Waals surface area contributed by atoms with Crippen molar-refractivity contribution in [2.45, 2.75) is 19.6 Å². The van der Waals surface area contributed by atoms with E-state index in [4.69, 9.17) is 4.74 Å². The lowest BCUT2D eigenvalue weighted by atomic mass is 10.1. The van der Waals surface area contributed by atoms with E-state index < -0.39 is 0 Å². The SMILES string of the molecule is CN1COCc2c1ncn2CC(=O)NCCc1ccccc1F. The number of fused-ring (bicyclic) bond motifs is 1. The molecular formula is C16H19FN4O2. The van der Waals surface area contributed by atoms with Gasteiger partial charge >= 0.3 is 0 Å². The summed E-state index contributed by atoms with van der Waals surface area (Å²) >= 11 is 0. The molecule has 2 heterocycles. The Morgan fingerprint density at radius 1 is 1.43 bits per heavy atom. The predicted molar refractivity (Wildman–Crippen MR) is 83.4 cm³/mol. The number of carbonyl (C=O) groups excluding carboxylic acids is 1. The number of ether oxygens (including phenoxy) is 1. The fourth-order valence-electron chi connectivity index (χ4n) is 2.59. The Kier molecular flexibility index (Phi) is 4.57. The molecule has 0 atom stereocenters. The molecule has 0 bridgehead atoms. The average Bonchev–Trinajstić information content (AvgIpc) is 2.94. The van der Waals surface area contributed by atoms with Gasteiger partial charge in [0.2, 0.25) is 5.91 Å². The second-order valence-electron chi connectivity index (χ2n) is 5.51. The third kappa shape index (κ3) is 3.50. The van der Waals surface area contributed by atoms with E-state index in [0.29, 0.717) is 31.9 Å². The quantitative estimate of drug-likeness (QED) is 0.903. The van der Waals surface area contributed by atoms with Crippen molar-refractivity contribution in [2.75, 3.05) is 25.2 Å². The third-order valence-electron chi connectivity index (χ3n) is 3.80. The molecule has 2 aromatic rings. The van der Waals surface area contributed by atoms with Gasteiger partial charge in [-0.3, -0.25) is 4.79 Å². The van der Waals surface area contributed by atoms with Crippen molar-refractivity contribution >= 4 is 11.7 Å². The molecule has 0 saturated heterocycles. The first kappa shape index (κ1) is 15.5. The van der Waals surface area contributed by atoms with Crippen molar-refractivity contribution in [1.29, 1.82) is 0 Å². The van der Waals surface area contributed by atoms with Crippen LogP contribution in [-0.4, -0.2) is 35.8 Å². The molecule has 0 radical (unpaired) electrons. The lowest BCUT2D eigenvalue weighted by molar-refractivity contribution is -0.121. The zero-order chi connectivity index (χ0) is 16.2. The molecule has 0 spiro atoms. The number of halogens is 1. The number of aromatic nitrogens is 2. The van der Waals surface area contributed by atoms with E-state index in [0.717, 1.165) is 11.5 Å². The number of rotatable bonds is 5. The summed E-state index contributed by atoms with van der Waals surface area (Å²) in [6, 6.07) is 6.58. The van der Waals surface area contributed by atoms with Crippen LogP contribution in [0.2, 0.25) is 0 Å². The predicted octanol–water partition coefficient (Wildman–Crippen LogP) is 1.30. The van der Waals surface area contributed by atoms with Gasteiger partial charge < -0.3 is 19.5 Å². The Bertz CT molecular complexity index is 701. The van der Waals surface area contributed by atoms with Crippen LogP contribution in [0.3, 0.4) is 0 Å². The highest BCUT2D eigenvalue weighted by Crippen LogP contribution is 2.22. The Morgan fingerprint density at radius 3 is 3.09 bits per heavy atom. The summed E-state index contributed by atoms with van der Waals surface area (Å²) in [5.74, 6) is 0.468. The Hall–Kier alpha value is -2.41. The van der Waals surface area contributed by atoms with Crippen molar-refractivity contribution in [2.24, 2.45) is 0 Å². The Morgan fingerprint density at radius 2 is 2.26 bits per heavy atom. The summed E-state index contributed by atoms with van der Waals surface area (Å²) in [6.45, 7) is 1.52. The number of imidazole rings is 1. The molecule has 6 nitrogen and oxygen atoms in total. The van der Waals surface area contributed by atoms with Crippen LogP contribution in [0.15, 0.2) is 30.6 Å². The van der Waals surface area contributed by atoms with Gasteiger partial charge in [0.25, 0.3) is 0 Å². The molecule has 23 heavy (non-hydrogen) atoms. The number of carbonyl (C=O) groups is 1. The summed E-state index contributed by atoms with van der Waals surface area (Å²) in [5.41, 5.74) is 1.49. The maximum Gasteiger partial charge on any atom is 0.239 e. The van der Waals surface area contributed by atoms with Gasteiger partial charge in [-0.2, -0.15) is 0 Å². The zero-order valence-electron chi connectivity index (χ0n) is 13.0. The van der Waals surface area contributed by atoms with Gasteiger partial charge in [-0.15, -0.1) is 0 Å². The van der Waals surface area contributed by atoms with Gasteiger partial charge in [0, 0.05) is 13.6 Å². The van der Waals surface area contributed by atoms with E-state index in [-0.39, 0.29) is 18.3 Å². The molecule has 3 rings (SSSR count). The van der Waals surface area contributed by atoms with Crippen molar-refractivity contribution in [3.05, 3.63) is 47.7 Å². The normalized spacial score (nSPS) is 13.7. The molecule has 0 fully saturated rings. The van der Waals surface area contributed by atoms with E-state index in [9.17, 15) is 9.18 Å². The molecular weight excluding hydrogens is 299 g/mol. The number of anilines is 1. The highest BCUT2D eigenvalue weighted by molar-refractivity contribution is 5.76. The molecule has 1 aliphatic rings. The highest BCUT2D eigenvalue weighted by atomic mass is 19.1. The summed E-state index contributed by atoms with van der Waals surface area (Å²) in [4.78, 5) is 18.2. The smallest absolute Gasteiger partial charge is 0.239 e. The summed E-state index contributed by atoms with van der Waals surface area (Å²) in [6.07, 6.45) is 2.11. The number of nitrogens with one attached hydrogen (secondary N) is 1. The largest absolute Gasteiger partial charge is 0.355 e. The minimum Gasteiger partial charge on any atom is -0.355 e. The lowest BCUT2D eigenvalue weighted by Crippen LogP contribution is -2.31. The van der Waals surface area contributed by atoms with Crippen LogP contribution in [0.25, 0.3) is 0 Å². The van der Waals surface area contributed by atoms with Gasteiger partial charge in [0.05, 0.1) is 18.6 Å². The van der Waals surface area contributed by atoms with Gasteiger partial charge in [-0.05, 0) is 18.1 Å². The molecule has 1 aliphatic heterocycles. The molecule has 1 N–H and O–H groups in total. The van der Waals surface area contributed by atoms with Crippen molar-refractivity contribution in [1.82, 2.24) is 14.9 Å². The lowest BCUT2D eigenvalue weighted by Gasteiger charge is -2.24. The second-order valence-corrected chi connectivity index (χ2v) is 5.51. The van der Waals surface area contributed by atoms with E-state index in [2.05, 4.69) is 10.3 Å². The third-order valence-corrected chi connectivity index (χ3v) is 3.80. The van der Waals surface area contributed by atoms with Gasteiger partial charge in [-0.25, -0.2) is 9.37 Å². The van der Waals surface area contributed by atoms with E-state index in [1.54, 1.807) is 29.1 Å². The average molecular weight is 318 g/mol. The van der Waals surface area contributed by atoms with Crippen LogP contribution in [-0.2, 0) is 29.1 Å². The Labute approximate surface area is 133 Å². The van der Waals surface area contributed by atoms with Crippen LogP contribution in [0.4, 0.5) is 10.2 Å². The minimum absolute atomic E-state index is 0.130. The van der Waals surface area contributed by atoms with E-state index >= 15 is 0 Å². The maximum absolute atomic E-state index is 13.5. The molecule has 0 saturated carbocycles. The summed E-state index contributed by atoms with van der Waals surface area (Å²) in [5, 5.41) is 2.81. The van der Waals surface area contributed by atoms with Gasteiger partial charge in [0.1, 0.15) is 19.1 Å². The van der Waals surface area contributed by atoms with Crippen molar-refractivity contribution in [3.8, 4) is 0 Å². The highest BCUT2D eigenvalue weighted by Gasteiger charge is 2.20. The summed E-state index contributed by atoms with van der Waals surface area (Å²) in [7, 11) is 1.89. The topological polar surface area (TPSA) is 59.4 Å². The van der Waals surface area contributed by atoms with Crippen LogP contribution in [0.1, 0.15) is 11.3 Å². The minimum atomic E-state index is -0.245. The van der Waals surface area contributed by atoms with Crippen LogP contribution >= 0.6 is 0 Å². The number of amides is 1. The number of nitrogens with zero attached hydrogens (tertiary/aromatic N) is 3. The van der Waals surface area contributed by atoms with E-state index in [1.807, 2.05) is 11.9 Å². The summed E-state index contributed by atoms with van der Waals surface area (Å²) < 4.78 is 20.7. The first-order valence-corrected chi connectivity index (χ1v) is 7.48. The van der Waals surface area contributed by atoms with E-state index in [1.165, 1.54) is 6.07 Å². The first-order valence-electron chi connectivity index (χ1n) is 7.48. The molecule has 122 valence electrons. The number of hydrogen-bond acceptors (Lipinski definition) is 4. The van der Waals surface area contributed by atoms with Gasteiger partial charge in [-0.1, -0.05) is 18.2 Å². The number of hydrogen-bond donors (Lipinski definition) is 1. The van der Waals surface area contributed by atoms with Crippen LogP contribution < -0.4 is 10.2 Å². The van der Waals surface area contributed by atoms with Crippen molar-refractivity contribution in [3.63, 3.8) is 0 Å². The standard InChI is InChI=1S/C16H19FN4O2/c1-20-11-23-9-14-16(20)19-10-21(14)8-15(22)18-7-6-12-4-2-3-5-13(12)17/h2-5,10H,6-9,11H2,1H3,(H,18,22). The maximum atomic E-state index is 13.5. The monoisotopic (exact) mass is 318 g/mol. The fourth-order valence-corrected chi connectivity index (χ4v) is 2.59. The molecule has 1 amide bonds. The molecule has 0 unspecified atom stereocenters. The Balaban J connectivity index is 1.53. The van der Waals surface area contributed by atoms with Crippen molar-refractivity contribution < 1.29 is 13.9 Å². The van der Waals surface area contributed by atoms with Crippen LogP contribution in [0.5, 0.6) is 0 Å². The molecule has 7 heteroatoms. The zero-order valence-corrected chi connectivity index (χ0v) is 13.0. The molecule has 0 aliphatic carbocycles. The fraction of sp³-hybridized carbons (Fsp3) is 0.375. The first-order chi connectivity index (χ1) is 11.1. The number of benzene rings is 1. The molecule has 1 aromatic carbocycles. The van der Waals surface area contributed by atoms with Crippen LogP contribution in [0, 0.1) is 5.82 Å². The van der Waals surface area contributed by atoms with Gasteiger partial charge in [0.15, 0.2) is 5.82 Å². The second kappa shape index (κ2) is 6.78.